The summed E-state index contributed by atoms with van der Waals surface area (Å²) in [6.45, 7) is 3.92. The maximum Gasteiger partial charge on any atom is 0.332 e. The maximum absolute atomic E-state index is 11.7. The molecule has 1 heterocycles. The summed E-state index contributed by atoms with van der Waals surface area (Å²) in [7, 11) is 0. The third-order valence-corrected chi connectivity index (χ3v) is 3.24. The third-order valence-electron chi connectivity index (χ3n) is 2.27. The van der Waals surface area contributed by atoms with Crippen LogP contribution in [-0.4, -0.2) is 34.7 Å². The van der Waals surface area contributed by atoms with Gasteiger partial charge in [-0.25, -0.2) is 4.79 Å². The van der Waals surface area contributed by atoms with Gasteiger partial charge in [-0.2, -0.15) is 0 Å². The molecule has 1 aromatic heterocycles. The van der Waals surface area contributed by atoms with Crippen LogP contribution in [0.5, 0.6) is 0 Å². The maximum atomic E-state index is 11.7. The smallest absolute Gasteiger partial charge is 0.332 e. The van der Waals surface area contributed by atoms with E-state index in [1.807, 2.05) is 13.8 Å². The summed E-state index contributed by atoms with van der Waals surface area (Å²) in [5.41, 5.74) is 0.609. The van der Waals surface area contributed by atoms with Gasteiger partial charge in [0.05, 0.1) is 5.56 Å². The minimum Gasteiger partial charge on any atom is -0.479 e. The van der Waals surface area contributed by atoms with Gasteiger partial charge in [-0.3, -0.25) is 4.79 Å². The molecule has 0 bridgehead atoms. The van der Waals surface area contributed by atoms with E-state index in [2.05, 4.69) is 5.32 Å². The Balaban J connectivity index is 2.45. The van der Waals surface area contributed by atoms with Crippen LogP contribution < -0.4 is 5.32 Å². The highest BCUT2D eigenvalue weighted by molar-refractivity contribution is 7.12. The lowest BCUT2D eigenvalue weighted by atomic mass is 10.2. The Morgan fingerprint density at radius 1 is 1.47 bits per heavy atom. The molecule has 1 aromatic rings. The first-order chi connectivity index (χ1) is 7.91. The van der Waals surface area contributed by atoms with E-state index in [0.29, 0.717) is 5.56 Å². The van der Waals surface area contributed by atoms with Crippen molar-refractivity contribution in [2.75, 3.05) is 6.54 Å². The molecule has 94 valence electrons. The molecular weight excluding hydrogens is 242 g/mol. The average Bonchev–Trinajstić information content (AvgIpc) is 2.57. The Morgan fingerprint density at radius 3 is 2.59 bits per heavy atom. The van der Waals surface area contributed by atoms with Crippen molar-refractivity contribution >= 4 is 23.2 Å². The minimum atomic E-state index is -1.43. The molecule has 1 unspecified atom stereocenters. The fourth-order valence-electron chi connectivity index (χ4n) is 1.40. The van der Waals surface area contributed by atoms with Gasteiger partial charge in [-0.1, -0.05) is 0 Å². The summed E-state index contributed by atoms with van der Waals surface area (Å²) in [6, 6.07) is 1.79. The van der Waals surface area contributed by atoms with Gasteiger partial charge in [0.2, 0.25) is 0 Å². The zero-order valence-electron chi connectivity index (χ0n) is 9.69. The molecule has 6 heteroatoms. The van der Waals surface area contributed by atoms with E-state index < -0.39 is 12.1 Å². The Kier molecular flexibility index (Phi) is 4.65. The number of nitrogens with one attached hydrogen (secondary N) is 1. The lowest BCUT2D eigenvalue weighted by molar-refractivity contribution is -0.146. The highest BCUT2D eigenvalue weighted by atomic mass is 32.1. The number of amides is 1. The number of carbonyl (C=O) groups is 2. The van der Waals surface area contributed by atoms with Crippen LogP contribution in [0.1, 0.15) is 26.5 Å². The molecule has 0 saturated heterocycles. The summed E-state index contributed by atoms with van der Waals surface area (Å²) >= 11 is 1.54. The van der Waals surface area contributed by atoms with Gasteiger partial charge in [0.15, 0.2) is 6.10 Å². The van der Waals surface area contributed by atoms with E-state index in [4.69, 9.17) is 10.2 Å². The summed E-state index contributed by atoms with van der Waals surface area (Å²) in [5, 5.41) is 20.1. The van der Waals surface area contributed by atoms with Crippen molar-refractivity contribution < 1.29 is 19.8 Å². The number of aliphatic carboxylic acids is 1. The second-order valence-corrected chi connectivity index (χ2v) is 5.19. The number of carboxylic acid groups (broad SMARTS) is 1. The predicted molar refractivity (Wildman–Crippen MR) is 64.4 cm³/mol. The minimum absolute atomic E-state index is 0.00321. The Hall–Kier alpha value is -1.40. The van der Waals surface area contributed by atoms with Crippen LogP contribution in [0.3, 0.4) is 0 Å². The van der Waals surface area contributed by atoms with E-state index in [1.165, 1.54) is 11.3 Å². The number of hydrogen-bond donors (Lipinski definition) is 3. The van der Waals surface area contributed by atoms with Gasteiger partial charge >= 0.3 is 5.97 Å². The number of carboxylic acids is 1. The van der Waals surface area contributed by atoms with Gasteiger partial charge in [0.1, 0.15) is 0 Å². The zero-order valence-corrected chi connectivity index (χ0v) is 10.5. The molecule has 0 aliphatic rings. The summed E-state index contributed by atoms with van der Waals surface area (Å²) < 4.78 is 0. The second kappa shape index (κ2) is 5.79. The Labute approximate surface area is 103 Å². The topological polar surface area (TPSA) is 86.6 Å². The Morgan fingerprint density at radius 2 is 2.12 bits per heavy atom. The van der Waals surface area contributed by atoms with Crippen molar-refractivity contribution in [3.63, 3.8) is 0 Å². The normalized spacial score (nSPS) is 12.2. The standard InChI is InChI=1S/C11H15NO4S/c1-6-5-8(7(2)17-6)10(14)12-4-3-9(13)11(15)16/h5,9,13H,3-4H2,1-2H3,(H,12,14)(H,15,16). The number of aliphatic hydroxyl groups is 1. The molecule has 1 amide bonds. The van der Waals surface area contributed by atoms with E-state index in [1.54, 1.807) is 6.07 Å². The van der Waals surface area contributed by atoms with Crippen molar-refractivity contribution in [3.05, 3.63) is 21.4 Å². The van der Waals surface area contributed by atoms with Crippen LogP contribution in [-0.2, 0) is 4.79 Å². The lowest BCUT2D eigenvalue weighted by Crippen LogP contribution is -2.30. The van der Waals surface area contributed by atoms with E-state index >= 15 is 0 Å². The number of carbonyl (C=O) groups excluding carboxylic acids is 1. The highest BCUT2D eigenvalue weighted by Crippen LogP contribution is 2.20. The first-order valence-corrected chi connectivity index (χ1v) is 5.99. The first kappa shape index (κ1) is 13.7. The van der Waals surface area contributed by atoms with E-state index in [-0.39, 0.29) is 18.9 Å². The molecule has 5 nitrogen and oxygen atoms in total. The van der Waals surface area contributed by atoms with Gasteiger partial charge in [-0.05, 0) is 19.9 Å². The molecule has 0 fully saturated rings. The highest BCUT2D eigenvalue weighted by Gasteiger charge is 2.15. The number of thiophene rings is 1. The van der Waals surface area contributed by atoms with Crippen LogP contribution in [0.25, 0.3) is 0 Å². The fourth-order valence-corrected chi connectivity index (χ4v) is 2.32. The van der Waals surface area contributed by atoms with E-state index in [9.17, 15) is 9.59 Å². The first-order valence-electron chi connectivity index (χ1n) is 5.18. The molecule has 1 rings (SSSR count). The van der Waals surface area contributed by atoms with Gasteiger partial charge in [-0.15, -0.1) is 11.3 Å². The van der Waals surface area contributed by atoms with Crippen molar-refractivity contribution in [3.8, 4) is 0 Å². The summed E-state index contributed by atoms with van der Waals surface area (Å²) in [5.74, 6) is -1.51. The zero-order chi connectivity index (χ0) is 13.0. The van der Waals surface area contributed by atoms with Crippen LogP contribution >= 0.6 is 11.3 Å². The SMILES string of the molecule is Cc1cc(C(=O)NCCC(O)C(=O)O)c(C)s1. The fraction of sp³-hybridized carbons (Fsp3) is 0.455. The molecule has 3 N–H and O–H groups in total. The molecule has 17 heavy (non-hydrogen) atoms. The largest absolute Gasteiger partial charge is 0.479 e. The summed E-state index contributed by atoms with van der Waals surface area (Å²) in [6.07, 6.45) is -1.43. The third kappa shape index (κ3) is 3.83. The van der Waals surface area contributed by atoms with Gasteiger partial charge in [0.25, 0.3) is 5.91 Å². The van der Waals surface area contributed by atoms with Crippen LogP contribution in [0.2, 0.25) is 0 Å². The van der Waals surface area contributed by atoms with Crippen LogP contribution in [0, 0.1) is 13.8 Å². The quantitative estimate of drug-likeness (QED) is 0.732. The van der Waals surface area contributed by atoms with E-state index in [0.717, 1.165) is 9.75 Å². The van der Waals surface area contributed by atoms with Gasteiger partial charge < -0.3 is 15.5 Å². The van der Waals surface area contributed by atoms with Crippen LogP contribution in [0.4, 0.5) is 0 Å². The van der Waals surface area contributed by atoms with Crippen molar-refractivity contribution in [2.24, 2.45) is 0 Å². The Bertz CT molecular complexity index is 427. The number of hydrogen-bond acceptors (Lipinski definition) is 4. The number of rotatable bonds is 5. The molecular formula is C11H15NO4S. The van der Waals surface area contributed by atoms with Crippen molar-refractivity contribution in [1.29, 1.82) is 0 Å². The number of aliphatic hydroxyl groups excluding tert-OH is 1. The molecule has 0 radical (unpaired) electrons. The molecule has 0 spiro atoms. The average molecular weight is 257 g/mol. The molecule has 0 saturated carbocycles. The predicted octanol–water partition coefficient (Wildman–Crippen LogP) is 0.930. The summed E-state index contributed by atoms with van der Waals surface area (Å²) in [4.78, 5) is 24.0. The van der Waals surface area contributed by atoms with Gasteiger partial charge in [0, 0.05) is 22.7 Å². The number of aryl methyl sites for hydroxylation is 2. The molecule has 1 atom stereocenters. The lowest BCUT2D eigenvalue weighted by Gasteiger charge is -2.06. The molecule has 0 aliphatic heterocycles. The van der Waals surface area contributed by atoms with Crippen LogP contribution in [0.15, 0.2) is 6.07 Å². The monoisotopic (exact) mass is 257 g/mol. The second-order valence-electron chi connectivity index (χ2n) is 3.73. The van der Waals surface area contributed by atoms with Crippen molar-refractivity contribution in [1.82, 2.24) is 5.32 Å². The molecule has 0 aromatic carbocycles. The molecule has 0 aliphatic carbocycles. The van der Waals surface area contributed by atoms with Crippen molar-refractivity contribution in [2.45, 2.75) is 26.4 Å².